The first kappa shape index (κ1) is 18.0. The average Bonchev–Trinajstić information content (AvgIpc) is 2.70. The Morgan fingerprint density at radius 1 is 1.21 bits per heavy atom. The molecule has 0 saturated carbocycles. The third kappa shape index (κ3) is 3.43. The van der Waals surface area contributed by atoms with E-state index in [9.17, 15) is 9.59 Å². The molecular weight excluding hydrogens is 358 g/mol. The standard InChI is InChI=1S/C21H21N3O4/c1-13-4-3-5-16-20(13)22-12-24(21(16)26)11-19(25)23-14(2)15-6-7-17-18(10-15)28-9-8-27-17/h3-7,10,12,14H,8-9,11H2,1-2H3,(H,23,25). The van der Waals surface area contributed by atoms with Crippen molar-refractivity contribution in [3.8, 4) is 11.5 Å². The highest BCUT2D eigenvalue weighted by Gasteiger charge is 2.16. The summed E-state index contributed by atoms with van der Waals surface area (Å²) in [5.41, 5.74) is 2.26. The Bertz CT molecular complexity index is 1110. The van der Waals surface area contributed by atoms with Crippen LogP contribution in [-0.2, 0) is 11.3 Å². The summed E-state index contributed by atoms with van der Waals surface area (Å²) in [4.78, 5) is 29.5. The van der Waals surface area contributed by atoms with Crippen LogP contribution in [0, 0.1) is 6.92 Å². The van der Waals surface area contributed by atoms with Gasteiger partial charge in [0.05, 0.1) is 23.3 Å². The molecule has 1 aromatic heterocycles. The second kappa shape index (κ2) is 7.34. The molecular formula is C21H21N3O4. The van der Waals surface area contributed by atoms with Crippen LogP contribution in [0.2, 0.25) is 0 Å². The normalized spacial score (nSPS) is 13.9. The highest BCUT2D eigenvalue weighted by atomic mass is 16.6. The monoisotopic (exact) mass is 379 g/mol. The molecule has 1 N–H and O–H groups in total. The van der Waals surface area contributed by atoms with Gasteiger partial charge in [-0.2, -0.15) is 0 Å². The fraction of sp³-hybridized carbons (Fsp3) is 0.286. The minimum atomic E-state index is -0.265. The first-order valence-corrected chi connectivity index (χ1v) is 9.16. The van der Waals surface area contributed by atoms with E-state index in [1.54, 1.807) is 6.07 Å². The van der Waals surface area contributed by atoms with E-state index in [0.29, 0.717) is 35.6 Å². The van der Waals surface area contributed by atoms with E-state index in [1.165, 1.54) is 10.9 Å². The second-order valence-electron chi connectivity index (χ2n) is 6.84. The van der Waals surface area contributed by atoms with Gasteiger partial charge >= 0.3 is 0 Å². The van der Waals surface area contributed by atoms with Crippen LogP contribution in [-0.4, -0.2) is 28.7 Å². The van der Waals surface area contributed by atoms with Crippen molar-refractivity contribution >= 4 is 16.8 Å². The van der Waals surface area contributed by atoms with Crippen molar-refractivity contribution < 1.29 is 14.3 Å². The van der Waals surface area contributed by atoms with Crippen LogP contribution in [0.5, 0.6) is 11.5 Å². The van der Waals surface area contributed by atoms with Crippen molar-refractivity contribution in [3.63, 3.8) is 0 Å². The molecule has 7 heteroatoms. The summed E-state index contributed by atoms with van der Waals surface area (Å²) >= 11 is 0. The molecule has 1 atom stereocenters. The molecule has 1 aliphatic heterocycles. The molecule has 2 heterocycles. The summed E-state index contributed by atoms with van der Waals surface area (Å²) in [7, 11) is 0. The minimum absolute atomic E-state index is 0.0927. The van der Waals surface area contributed by atoms with Gasteiger partial charge in [-0.3, -0.25) is 14.2 Å². The van der Waals surface area contributed by atoms with Crippen molar-refractivity contribution in [1.29, 1.82) is 0 Å². The molecule has 28 heavy (non-hydrogen) atoms. The van der Waals surface area contributed by atoms with Crippen LogP contribution in [0.1, 0.15) is 24.1 Å². The maximum Gasteiger partial charge on any atom is 0.261 e. The maximum absolute atomic E-state index is 12.6. The van der Waals surface area contributed by atoms with E-state index in [1.807, 2.05) is 44.2 Å². The van der Waals surface area contributed by atoms with Crippen molar-refractivity contribution in [2.45, 2.75) is 26.4 Å². The molecule has 1 aliphatic rings. The number of nitrogens with zero attached hydrogens (tertiary/aromatic N) is 2. The first-order valence-electron chi connectivity index (χ1n) is 9.16. The number of para-hydroxylation sites is 1. The van der Waals surface area contributed by atoms with Crippen LogP contribution in [0.4, 0.5) is 0 Å². The van der Waals surface area contributed by atoms with Crippen LogP contribution in [0.3, 0.4) is 0 Å². The lowest BCUT2D eigenvalue weighted by Gasteiger charge is -2.21. The molecule has 0 aliphatic carbocycles. The second-order valence-corrected chi connectivity index (χ2v) is 6.84. The lowest BCUT2D eigenvalue weighted by Crippen LogP contribution is -2.34. The van der Waals surface area contributed by atoms with Gasteiger partial charge in [0.2, 0.25) is 5.91 Å². The largest absolute Gasteiger partial charge is 0.486 e. The number of benzene rings is 2. The number of fused-ring (bicyclic) bond motifs is 2. The average molecular weight is 379 g/mol. The molecule has 0 spiro atoms. The van der Waals surface area contributed by atoms with Crippen LogP contribution in [0.25, 0.3) is 10.9 Å². The summed E-state index contributed by atoms with van der Waals surface area (Å²) in [5, 5.41) is 3.42. The molecule has 4 rings (SSSR count). The van der Waals surface area contributed by atoms with Gasteiger partial charge in [-0.05, 0) is 43.2 Å². The van der Waals surface area contributed by atoms with Crippen molar-refractivity contribution in [1.82, 2.24) is 14.9 Å². The number of aromatic nitrogens is 2. The zero-order chi connectivity index (χ0) is 19.7. The summed E-state index contributed by atoms with van der Waals surface area (Å²) in [5.74, 6) is 1.12. The van der Waals surface area contributed by atoms with Gasteiger partial charge in [0, 0.05) is 0 Å². The SMILES string of the molecule is Cc1cccc2c(=O)n(CC(=O)NC(C)c3ccc4c(c3)OCCO4)cnc12. The quantitative estimate of drug-likeness (QED) is 0.752. The van der Waals surface area contributed by atoms with Crippen LogP contribution >= 0.6 is 0 Å². The maximum atomic E-state index is 12.6. The number of hydrogen-bond acceptors (Lipinski definition) is 5. The van der Waals surface area contributed by atoms with E-state index in [2.05, 4.69) is 10.3 Å². The number of carbonyl (C=O) groups excluding carboxylic acids is 1. The Morgan fingerprint density at radius 3 is 2.82 bits per heavy atom. The molecule has 2 aromatic carbocycles. The van der Waals surface area contributed by atoms with E-state index in [4.69, 9.17) is 9.47 Å². The van der Waals surface area contributed by atoms with E-state index in [0.717, 1.165) is 11.1 Å². The van der Waals surface area contributed by atoms with E-state index >= 15 is 0 Å². The number of ether oxygens (including phenoxy) is 2. The molecule has 3 aromatic rings. The van der Waals surface area contributed by atoms with Crippen molar-refractivity contribution in [2.75, 3.05) is 13.2 Å². The van der Waals surface area contributed by atoms with Crippen LogP contribution < -0.4 is 20.3 Å². The third-order valence-corrected chi connectivity index (χ3v) is 4.81. The molecule has 1 amide bonds. The topological polar surface area (TPSA) is 82.5 Å². The smallest absolute Gasteiger partial charge is 0.261 e. The zero-order valence-electron chi connectivity index (χ0n) is 15.8. The van der Waals surface area contributed by atoms with Gasteiger partial charge < -0.3 is 14.8 Å². The van der Waals surface area contributed by atoms with E-state index < -0.39 is 0 Å². The van der Waals surface area contributed by atoms with Gasteiger partial charge in [-0.1, -0.05) is 18.2 Å². The number of nitrogens with one attached hydrogen (secondary N) is 1. The predicted molar refractivity (Wildman–Crippen MR) is 105 cm³/mol. The summed E-state index contributed by atoms with van der Waals surface area (Å²) in [6.45, 7) is 4.74. The number of hydrogen-bond donors (Lipinski definition) is 1. The number of amides is 1. The molecule has 0 radical (unpaired) electrons. The molecule has 144 valence electrons. The Morgan fingerprint density at radius 2 is 2.00 bits per heavy atom. The third-order valence-electron chi connectivity index (χ3n) is 4.81. The molecule has 0 bridgehead atoms. The number of carbonyl (C=O) groups is 1. The Kier molecular flexibility index (Phi) is 4.73. The Hall–Kier alpha value is -3.35. The lowest BCUT2D eigenvalue weighted by molar-refractivity contribution is -0.122. The predicted octanol–water partition coefficient (Wildman–Crippen LogP) is 2.35. The highest BCUT2D eigenvalue weighted by Crippen LogP contribution is 2.32. The van der Waals surface area contributed by atoms with Crippen molar-refractivity contribution in [3.05, 3.63) is 64.2 Å². The van der Waals surface area contributed by atoms with Gasteiger partial charge in [-0.15, -0.1) is 0 Å². The van der Waals surface area contributed by atoms with Gasteiger partial charge in [0.25, 0.3) is 5.56 Å². The van der Waals surface area contributed by atoms with Crippen LogP contribution in [0.15, 0.2) is 47.5 Å². The number of rotatable bonds is 4. The lowest BCUT2D eigenvalue weighted by atomic mass is 10.1. The molecule has 7 nitrogen and oxygen atoms in total. The van der Waals surface area contributed by atoms with E-state index in [-0.39, 0.29) is 24.1 Å². The van der Waals surface area contributed by atoms with Crippen molar-refractivity contribution in [2.24, 2.45) is 0 Å². The Labute approximate surface area is 161 Å². The van der Waals surface area contributed by atoms with Gasteiger partial charge in [0.1, 0.15) is 19.8 Å². The summed E-state index contributed by atoms with van der Waals surface area (Å²) in [6.07, 6.45) is 1.42. The molecule has 1 unspecified atom stereocenters. The Balaban J connectivity index is 1.49. The first-order chi connectivity index (χ1) is 13.5. The minimum Gasteiger partial charge on any atom is -0.486 e. The fourth-order valence-corrected chi connectivity index (χ4v) is 3.30. The highest BCUT2D eigenvalue weighted by molar-refractivity contribution is 5.81. The summed E-state index contributed by atoms with van der Waals surface area (Å²) in [6, 6.07) is 10.8. The number of aryl methyl sites for hydroxylation is 1. The van der Waals surface area contributed by atoms with Gasteiger partial charge in [-0.25, -0.2) is 4.98 Å². The fourth-order valence-electron chi connectivity index (χ4n) is 3.30. The van der Waals surface area contributed by atoms with Gasteiger partial charge in [0.15, 0.2) is 11.5 Å². The molecule has 0 fully saturated rings. The summed E-state index contributed by atoms with van der Waals surface area (Å²) < 4.78 is 12.4. The zero-order valence-corrected chi connectivity index (χ0v) is 15.8. The molecule has 0 saturated heterocycles.